The van der Waals surface area contributed by atoms with Crippen molar-refractivity contribution in [1.82, 2.24) is 9.80 Å². The molecule has 0 aliphatic carbocycles. The van der Waals surface area contributed by atoms with Gasteiger partial charge in [0.15, 0.2) is 6.61 Å². The maximum absolute atomic E-state index is 12.6. The highest BCUT2D eigenvalue weighted by molar-refractivity contribution is 6.32. The Labute approximate surface area is 170 Å². The van der Waals surface area contributed by atoms with Crippen LogP contribution in [-0.4, -0.2) is 54.4 Å². The zero-order valence-corrected chi connectivity index (χ0v) is 17.3. The van der Waals surface area contributed by atoms with E-state index in [1.165, 1.54) is 0 Å². The van der Waals surface area contributed by atoms with Crippen molar-refractivity contribution in [3.8, 4) is 5.75 Å². The molecule has 2 amide bonds. The van der Waals surface area contributed by atoms with Gasteiger partial charge in [0.1, 0.15) is 5.75 Å². The SMILES string of the molecule is Cc1ccc(C(=O)N2CCN(C(=O)COc3cc(C)c(Cl)c(C)c3)CC2)cc1. The van der Waals surface area contributed by atoms with Crippen LogP contribution in [0, 0.1) is 20.8 Å². The van der Waals surface area contributed by atoms with Crippen molar-refractivity contribution in [2.45, 2.75) is 20.8 Å². The third kappa shape index (κ3) is 4.65. The van der Waals surface area contributed by atoms with Gasteiger partial charge in [-0.15, -0.1) is 0 Å². The summed E-state index contributed by atoms with van der Waals surface area (Å²) >= 11 is 6.16. The van der Waals surface area contributed by atoms with Gasteiger partial charge in [0.25, 0.3) is 11.8 Å². The molecule has 0 radical (unpaired) electrons. The number of ether oxygens (including phenoxy) is 1. The number of hydrogen-bond acceptors (Lipinski definition) is 3. The Bertz CT molecular complexity index is 849. The molecular formula is C22H25ClN2O3. The Morgan fingerprint density at radius 1 is 0.929 bits per heavy atom. The van der Waals surface area contributed by atoms with Crippen molar-refractivity contribution in [2.24, 2.45) is 0 Å². The van der Waals surface area contributed by atoms with Crippen molar-refractivity contribution >= 4 is 23.4 Å². The normalized spacial score (nSPS) is 14.1. The van der Waals surface area contributed by atoms with Gasteiger partial charge in [-0.1, -0.05) is 29.3 Å². The number of carbonyl (C=O) groups is 2. The lowest BCUT2D eigenvalue weighted by molar-refractivity contribution is -0.134. The van der Waals surface area contributed by atoms with Crippen LogP contribution in [0.3, 0.4) is 0 Å². The molecule has 0 N–H and O–H groups in total. The van der Waals surface area contributed by atoms with Gasteiger partial charge >= 0.3 is 0 Å². The van der Waals surface area contributed by atoms with Crippen molar-refractivity contribution < 1.29 is 14.3 Å². The Morgan fingerprint density at radius 2 is 1.46 bits per heavy atom. The number of rotatable bonds is 4. The van der Waals surface area contributed by atoms with Gasteiger partial charge in [-0.2, -0.15) is 0 Å². The number of aryl methyl sites for hydroxylation is 3. The number of amides is 2. The van der Waals surface area contributed by atoms with Crippen molar-refractivity contribution in [3.63, 3.8) is 0 Å². The van der Waals surface area contributed by atoms with Crippen LogP contribution < -0.4 is 4.74 Å². The van der Waals surface area contributed by atoms with Crippen molar-refractivity contribution in [3.05, 3.63) is 63.7 Å². The molecule has 1 fully saturated rings. The molecule has 0 atom stereocenters. The minimum atomic E-state index is -0.0762. The second-order valence-corrected chi connectivity index (χ2v) is 7.58. The second kappa shape index (κ2) is 8.65. The molecule has 1 saturated heterocycles. The Kier molecular flexibility index (Phi) is 6.25. The van der Waals surface area contributed by atoms with Crippen molar-refractivity contribution in [2.75, 3.05) is 32.8 Å². The molecule has 28 heavy (non-hydrogen) atoms. The molecule has 1 aliphatic rings. The van der Waals surface area contributed by atoms with Gasteiger partial charge < -0.3 is 14.5 Å². The van der Waals surface area contributed by atoms with E-state index in [0.29, 0.717) is 42.5 Å². The minimum Gasteiger partial charge on any atom is -0.484 e. The highest BCUT2D eigenvalue weighted by Gasteiger charge is 2.25. The number of hydrogen-bond donors (Lipinski definition) is 0. The molecule has 0 spiro atoms. The quantitative estimate of drug-likeness (QED) is 0.787. The summed E-state index contributed by atoms with van der Waals surface area (Å²) in [4.78, 5) is 28.6. The largest absolute Gasteiger partial charge is 0.484 e. The standard InChI is InChI=1S/C22H25ClN2O3/c1-15-4-6-18(7-5-15)22(27)25-10-8-24(9-11-25)20(26)14-28-19-12-16(2)21(23)17(3)13-19/h4-7,12-13H,8-11,14H2,1-3H3. The van der Waals surface area contributed by atoms with E-state index >= 15 is 0 Å². The van der Waals surface area contributed by atoms with E-state index in [1.807, 2.05) is 57.2 Å². The van der Waals surface area contributed by atoms with E-state index < -0.39 is 0 Å². The van der Waals surface area contributed by atoms with Crippen LogP contribution in [-0.2, 0) is 4.79 Å². The van der Waals surface area contributed by atoms with Gasteiger partial charge in [-0.3, -0.25) is 9.59 Å². The summed E-state index contributed by atoms with van der Waals surface area (Å²) in [5.41, 5.74) is 3.65. The molecule has 0 bridgehead atoms. The number of benzene rings is 2. The molecule has 5 nitrogen and oxygen atoms in total. The summed E-state index contributed by atoms with van der Waals surface area (Å²) in [6.07, 6.45) is 0. The molecule has 148 valence electrons. The summed E-state index contributed by atoms with van der Waals surface area (Å²) < 4.78 is 5.66. The van der Waals surface area contributed by atoms with E-state index in [2.05, 4.69) is 0 Å². The fraction of sp³-hybridized carbons (Fsp3) is 0.364. The molecule has 6 heteroatoms. The summed E-state index contributed by atoms with van der Waals surface area (Å²) in [6, 6.07) is 11.2. The topological polar surface area (TPSA) is 49.9 Å². The molecule has 1 aliphatic heterocycles. The second-order valence-electron chi connectivity index (χ2n) is 7.20. The first-order valence-electron chi connectivity index (χ1n) is 9.38. The number of carbonyl (C=O) groups excluding carboxylic acids is 2. The van der Waals surface area contributed by atoms with Crippen LogP contribution in [0.5, 0.6) is 5.75 Å². The molecule has 1 heterocycles. The number of nitrogens with zero attached hydrogens (tertiary/aromatic N) is 2. The third-order valence-corrected chi connectivity index (χ3v) is 5.59. The predicted molar refractivity (Wildman–Crippen MR) is 110 cm³/mol. The minimum absolute atomic E-state index is 0.00969. The monoisotopic (exact) mass is 400 g/mol. The molecule has 0 aromatic heterocycles. The van der Waals surface area contributed by atoms with Crippen LogP contribution in [0.25, 0.3) is 0 Å². The van der Waals surface area contributed by atoms with E-state index in [0.717, 1.165) is 16.7 Å². The summed E-state index contributed by atoms with van der Waals surface area (Å²) in [5.74, 6) is 0.573. The highest BCUT2D eigenvalue weighted by Crippen LogP contribution is 2.25. The molecule has 3 rings (SSSR count). The molecule has 0 unspecified atom stereocenters. The molecule has 0 saturated carbocycles. The number of piperazine rings is 1. The fourth-order valence-electron chi connectivity index (χ4n) is 3.26. The molecule has 2 aromatic rings. The van der Waals surface area contributed by atoms with Gasteiger partial charge in [-0.25, -0.2) is 0 Å². The first kappa shape index (κ1) is 20.2. The van der Waals surface area contributed by atoms with Gasteiger partial charge in [0.2, 0.25) is 0 Å². The van der Waals surface area contributed by atoms with E-state index in [9.17, 15) is 9.59 Å². The third-order valence-electron chi connectivity index (χ3n) is 4.99. The lowest BCUT2D eigenvalue weighted by atomic mass is 10.1. The first-order chi connectivity index (χ1) is 13.3. The average molecular weight is 401 g/mol. The average Bonchev–Trinajstić information content (AvgIpc) is 2.70. The number of halogens is 1. The summed E-state index contributed by atoms with van der Waals surface area (Å²) in [7, 11) is 0. The van der Waals surface area contributed by atoms with E-state index in [1.54, 1.807) is 9.80 Å². The van der Waals surface area contributed by atoms with Crippen LogP contribution in [0.15, 0.2) is 36.4 Å². The maximum Gasteiger partial charge on any atom is 0.260 e. The van der Waals surface area contributed by atoms with Crippen LogP contribution >= 0.6 is 11.6 Å². The molecule has 2 aromatic carbocycles. The van der Waals surface area contributed by atoms with E-state index in [-0.39, 0.29) is 18.4 Å². The van der Waals surface area contributed by atoms with Gasteiger partial charge in [-0.05, 0) is 56.2 Å². The summed E-state index contributed by atoms with van der Waals surface area (Å²) in [5, 5.41) is 0.716. The fourth-order valence-corrected chi connectivity index (χ4v) is 3.37. The smallest absolute Gasteiger partial charge is 0.260 e. The Morgan fingerprint density at radius 3 is 2.04 bits per heavy atom. The zero-order chi connectivity index (χ0) is 20.3. The predicted octanol–water partition coefficient (Wildman–Crippen LogP) is 3.63. The van der Waals surface area contributed by atoms with Crippen LogP contribution in [0.4, 0.5) is 0 Å². The maximum atomic E-state index is 12.6. The Balaban J connectivity index is 1.51. The summed E-state index contributed by atoms with van der Waals surface area (Å²) in [6.45, 7) is 7.87. The zero-order valence-electron chi connectivity index (χ0n) is 16.5. The van der Waals surface area contributed by atoms with Gasteiger partial charge in [0, 0.05) is 36.8 Å². The van der Waals surface area contributed by atoms with Crippen LogP contribution in [0.2, 0.25) is 5.02 Å². The molecular weight excluding hydrogens is 376 g/mol. The van der Waals surface area contributed by atoms with Gasteiger partial charge in [0.05, 0.1) is 0 Å². The van der Waals surface area contributed by atoms with E-state index in [4.69, 9.17) is 16.3 Å². The van der Waals surface area contributed by atoms with Crippen molar-refractivity contribution in [1.29, 1.82) is 0 Å². The van der Waals surface area contributed by atoms with Crippen LogP contribution in [0.1, 0.15) is 27.0 Å². The first-order valence-corrected chi connectivity index (χ1v) is 9.76. The lowest BCUT2D eigenvalue weighted by Gasteiger charge is -2.34. The highest BCUT2D eigenvalue weighted by atomic mass is 35.5. The lowest BCUT2D eigenvalue weighted by Crippen LogP contribution is -2.51. The Hall–Kier alpha value is -2.53.